The van der Waals surface area contributed by atoms with Crippen molar-refractivity contribution in [3.63, 3.8) is 0 Å². The Morgan fingerprint density at radius 2 is 1.53 bits per heavy atom. The molecule has 0 aromatic heterocycles. The second-order valence-corrected chi connectivity index (χ2v) is 9.27. The molecule has 0 unspecified atom stereocenters. The zero-order chi connectivity index (χ0) is 23.6. The van der Waals surface area contributed by atoms with Crippen molar-refractivity contribution in [1.82, 2.24) is 4.31 Å². The number of ketones is 1. The molecule has 0 N–H and O–H groups in total. The lowest BCUT2D eigenvalue weighted by Gasteiger charge is -2.34. The maximum absolute atomic E-state index is 15.3. The summed E-state index contributed by atoms with van der Waals surface area (Å²) in [6.07, 6.45) is -5.78. The Labute approximate surface area is 182 Å². The number of carbonyl (C=O) groups excluding carboxylic acids is 1. The molecule has 3 rings (SSSR count). The molecule has 2 aromatic carbocycles. The Balaban J connectivity index is 1.61. The van der Waals surface area contributed by atoms with E-state index in [0.717, 1.165) is 16.4 Å². The first-order valence-electron chi connectivity index (χ1n) is 9.64. The summed E-state index contributed by atoms with van der Waals surface area (Å²) in [5.74, 6) is -0.696. The average molecular weight is 475 g/mol. The molecule has 1 fully saturated rings. The van der Waals surface area contributed by atoms with Gasteiger partial charge in [0.2, 0.25) is 10.0 Å². The van der Waals surface area contributed by atoms with E-state index in [-0.39, 0.29) is 37.2 Å². The molecule has 0 radical (unpaired) electrons. The number of piperidine rings is 1. The van der Waals surface area contributed by atoms with E-state index < -0.39 is 33.6 Å². The number of hydrogen-bond donors (Lipinski definition) is 0. The molecule has 32 heavy (non-hydrogen) atoms. The zero-order valence-corrected chi connectivity index (χ0v) is 17.9. The number of benzene rings is 2. The summed E-state index contributed by atoms with van der Waals surface area (Å²) in [6, 6.07) is 10.4. The smallest absolute Gasteiger partial charge is 0.497 e. The highest BCUT2D eigenvalue weighted by Crippen LogP contribution is 2.32. The van der Waals surface area contributed by atoms with Crippen molar-refractivity contribution in [2.45, 2.75) is 36.2 Å². The number of methoxy groups -OCH3 is 1. The third kappa shape index (κ3) is 5.57. The van der Waals surface area contributed by atoms with Gasteiger partial charge in [-0.2, -0.15) is 4.31 Å². The number of Topliss-reactive ketones (excluding diaryl/α,β-unsaturated/α-hetero) is 1. The van der Waals surface area contributed by atoms with E-state index in [4.69, 9.17) is 4.74 Å². The quantitative estimate of drug-likeness (QED) is 0.568. The van der Waals surface area contributed by atoms with Crippen molar-refractivity contribution in [3.05, 3.63) is 54.1 Å². The van der Waals surface area contributed by atoms with Crippen LogP contribution in [0.4, 0.5) is 17.6 Å². The molecule has 1 aliphatic rings. The van der Waals surface area contributed by atoms with Crippen LogP contribution >= 0.6 is 0 Å². The standard InChI is InChI=1S/C21H21F4NO5S/c1-30-16-6-8-18(9-7-16)32(28,29)26-12-10-20(22,11-13-26)19(27)14-15-2-4-17(5-3-15)31-21(23,24)25/h2-9H,10-14H2,1H3. The third-order valence-corrected chi connectivity index (χ3v) is 7.15. The minimum atomic E-state index is -4.83. The van der Waals surface area contributed by atoms with Crippen molar-refractivity contribution in [2.24, 2.45) is 0 Å². The van der Waals surface area contributed by atoms with Crippen LogP contribution in [0.15, 0.2) is 53.4 Å². The molecule has 0 atom stereocenters. The second-order valence-electron chi connectivity index (χ2n) is 7.34. The highest BCUT2D eigenvalue weighted by molar-refractivity contribution is 7.89. The fraction of sp³-hybridized carbons (Fsp3) is 0.381. The summed E-state index contributed by atoms with van der Waals surface area (Å²) in [7, 11) is -2.39. The van der Waals surface area contributed by atoms with Crippen LogP contribution in [-0.2, 0) is 21.2 Å². The number of ether oxygens (including phenoxy) is 2. The Morgan fingerprint density at radius 3 is 2.03 bits per heavy atom. The first kappa shape index (κ1) is 24.0. The zero-order valence-electron chi connectivity index (χ0n) is 17.1. The van der Waals surface area contributed by atoms with Crippen LogP contribution in [0, 0.1) is 0 Å². The first-order chi connectivity index (χ1) is 14.9. The molecule has 0 spiro atoms. The van der Waals surface area contributed by atoms with Gasteiger partial charge in [-0.25, -0.2) is 12.8 Å². The normalized spacial score (nSPS) is 17.0. The fourth-order valence-corrected chi connectivity index (χ4v) is 4.85. The summed E-state index contributed by atoms with van der Waals surface area (Å²) in [5, 5.41) is 0. The third-order valence-electron chi connectivity index (χ3n) is 5.23. The SMILES string of the molecule is COc1ccc(S(=O)(=O)N2CCC(F)(C(=O)Cc3ccc(OC(F)(F)F)cc3)CC2)cc1. The van der Waals surface area contributed by atoms with Crippen LogP contribution in [0.1, 0.15) is 18.4 Å². The van der Waals surface area contributed by atoms with Crippen LogP contribution in [0.3, 0.4) is 0 Å². The minimum Gasteiger partial charge on any atom is -0.497 e. The van der Waals surface area contributed by atoms with Crippen LogP contribution in [0.25, 0.3) is 0 Å². The van der Waals surface area contributed by atoms with Gasteiger partial charge in [-0.1, -0.05) is 12.1 Å². The lowest BCUT2D eigenvalue weighted by atomic mass is 9.87. The number of sulfonamides is 1. The molecular weight excluding hydrogens is 454 g/mol. The van der Waals surface area contributed by atoms with Gasteiger partial charge in [0.1, 0.15) is 11.5 Å². The van der Waals surface area contributed by atoms with Crippen LogP contribution in [0.5, 0.6) is 11.5 Å². The van der Waals surface area contributed by atoms with E-state index in [2.05, 4.69) is 4.74 Å². The Kier molecular flexibility index (Phi) is 6.80. The molecule has 0 amide bonds. The highest BCUT2D eigenvalue weighted by Gasteiger charge is 2.43. The number of alkyl halides is 4. The van der Waals surface area contributed by atoms with Crippen molar-refractivity contribution >= 4 is 15.8 Å². The van der Waals surface area contributed by atoms with E-state index in [1.807, 2.05) is 0 Å². The summed E-state index contributed by atoms with van der Waals surface area (Å²) in [6.45, 7) is -0.343. The Bertz CT molecular complexity index is 1050. The number of carbonyl (C=O) groups is 1. The summed E-state index contributed by atoms with van der Waals surface area (Å²) >= 11 is 0. The molecule has 1 aliphatic heterocycles. The average Bonchev–Trinajstić information content (AvgIpc) is 2.74. The molecule has 174 valence electrons. The Hall–Kier alpha value is -2.66. The van der Waals surface area contributed by atoms with E-state index in [0.29, 0.717) is 11.3 Å². The van der Waals surface area contributed by atoms with E-state index >= 15 is 4.39 Å². The Morgan fingerprint density at radius 1 is 1.00 bits per heavy atom. The van der Waals surface area contributed by atoms with Gasteiger partial charge in [0, 0.05) is 32.4 Å². The molecule has 0 aliphatic carbocycles. The molecule has 6 nitrogen and oxygen atoms in total. The number of hydrogen-bond acceptors (Lipinski definition) is 5. The van der Waals surface area contributed by atoms with E-state index in [9.17, 15) is 26.4 Å². The van der Waals surface area contributed by atoms with Gasteiger partial charge in [0.25, 0.3) is 0 Å². The maximum Gasteiger partial charge on any atom is 0.573 e. The highest BCUT2D eigenvalue weighted by atomic mass is 32.2. The van der Waals surface area contributed by atoms with Gasteiger partial charge in [-0.15, -0.1) is 13.2 Å². The lowest BCUT2D eigenvalue weighted by molar-refractivity contribution is -0.274. The molecule has 2 aromatic rings. The molecule has 11 heteroatoms. The largest absolute Gasteiger partial charge is 0.573 e. The first-order valence-corrected chi connectivity index (χ1v) is 11.1. The van der Waals surface area contributed by atoms with Gasteiger partial charge in [-0.05, 0) is 42.0 Å². The van der Waals surface area contributed by atoms with Gasteiger partial charge in [-0.3, -0.25) is 4.79 Å². The molecule has 0 saturated carbocycles. The van der Waals surface area contributed by atoms with Crippen LogP contribution in [0.2, 0.25) is 0 Å². The molecule has 0 bridgehead atoms. The minimum absolute atomic E-state index is 0.0390. The van der Waals surface area contributed by atoms with Crippen LogP contribution in [-0.4, -0.2) is 50.7 Å². The van der Waals surface area contributed by atoms with Crippen molar-refractivity contribution < 1.29 is 40.2 Å². The van der Waals surface area contributed by atoms with Gasteiger partial charge < -0.3 is 9.47 Å². The van der Waals surface area contributed by atoms with Crippen molar-refractivity contribution in [1.29, 1.82) is 0 Å². The lowest BCUT2D eigenvalue weighted by Crippen LogP contribution is -2.48. The second kappa shape index (κ2) is 9.07. The fourth-order valence-electron chi connectivity index (χ4n) is 3.41. The predicted molar refractivity (Wildman–Crippen MR) is 107 cm³/mol. The van der Waals surface area contributed by atoms with E-state index in [1.165, 1.54) is 43.5 Å². The summed E-state index contributed by atoms with van der Waals surface area (Å²) in [5.41, 5.74) is -1.89. The summed E-state index contributed by atoms with van der Waals surface area (Å²) < 4.78 is 87.4. The van der Waals surface area contributed by atoms with E-state index in [1.54, 1.807) is 0 Å². The molecule has 1 heterocycles. The molecule has 1 saturated heterocycles. The molecular formula is C21H21F4NO5S. The van der Waals surface area contributed by atoms with Crippen LogP contribution < -0.4 is 9.47 Å². The van der Waals surface area contributed by atoms with Gasteiger partial charge >= 0.3 is 6.36 Å². The van der Waals surface area contributed by atoms with Gasteiger partial charge in [0.05, 0.1) is 12.0 Å². The predicted octanol–water partition coefficient (Wildman–Crippen LogP) is 3.90. The van der Waals surface area contributed by atoms with Crippen molar-refractivity contribution in [3.8, 4) is 11.5 Å². The van der Waals surface area contributed by atoms with Crippen molar-refractivity contribution in [2.75, 3.05) is 20.2 Å². The monoisotopic (exact) mass is 475 g/mol. The maximum atomic E-state index is 15.3. The topological polar surface area (TPSA) is 72.9 Å². The van der Waals surface area contributed by atoms with Gasteiger partial charge in [0.15, 0.2) is 11.5 Å². The summed E-state index contributed by atoms with van der Waals surface area (Å²) in [4.78, 5) is 12.6. The number of rotatable bonds is 7. The number of nitrogens with zero attached hydrogens (tertiary/aromatic N) is 1. The number of halogens is 4.